The van der Waals surface area contributed by atoms with Crippen molar-refractivity contribution in [1.29, 1.82) is 0 Å². The smallest absolute Gasteiger partial charge is 0.394 e. The summed E-state index contributed by atoms with van der Waals surface area (Å²) in [5, 5.41) is 29.4. The molecule has 0 spiro atoms. The molecule has 5 atom stereocenters. The van der Waals surface area contributed by atoms with Gasteiger partial charge in [0.05, 0.1) is 12.2 Å². The average molecular weight is 642 g/mol. The summed E-state index contributed by atoms with van der Waals surface area (Å²) in [6.07, 6.45) is 0.758. The van der Waals surface area contributed by atoms with Gasteiger partial charge in [-0.05, 0) is 82.8 Å². The van der Waals surface area contributed by atoms with Crippen LogP contribution in [0.15, 0.2) is 58.8 Å². The molecular formula is C32H39BF3N5O3S. The molecule has 2 N–H and O–H groups in total. The molecule has 240 valence electrons. The van der Waals surface area contributed by atoms with Gasteiger partial charge in [-0.2, -0.15) is 0 Å². The van der Waals surface area contributed by atoms with Crippen LogP contribution in [0.2, 0.25) is 0 Å². The van der Waals surface area contributed by atoms with Crippen LogP contribution < -0.4 is 0 Å². The van der Waals surface area contributed by atoms with Crippen molar-refractivity contribution in [2.24, 2.45) is 0 Å². The molecule has 0 saturated carbocycles. The van der Waals surface area contributed by atoms with Crippen molar-refractivity contribution in [2.45, 2.75) is 102 Å². The van der Waals surface area contributed by atoms with E-state index >= 15 is 8.63 Å². The average Bonchev–Trinajstić information content (AvgIpc) is 3.66. The van der Waals surface area contributed by atoms with Gasteiger partial charge >= 0.3 is 6.97 Å². The van der Waals surface area contributed by atoms with Gasteiger partial charge in [0.2, 0.25) is 0 Å². The number of thioether (sulfide) groups is 1. The zero-order valence-corrected chi connectivity index (χ0v) is 26.9. The molecule has 0 radical (unpaired) electrons. The van der Waals surface area contributed by atoms with Crippen molar-refractivity contribution in [3.8, 4) is 0 Å². The van der Waals surface area contributed by atoms with Gasteiger partial charge in [-0.1, -0.05) is 34.7 Å². The van der Waals surface area contributed by atoms with E-state index in [1.54, 1.807) is 24.7 Å². The van der Waals surface area contributed by atoms with E-state index < -0.39 is 36.9 Å². The molecule has 8 nitrogen and oxygen atoms in total. The number of aliphatic hydroxyl groups is 2. The summed E-state index contributed by atoms with van der Waals surface area (Å²) in [6, 6.07) is 9.42. The van der Waals surface area contributed by atoms with Crippen LogP contribution >= 0.6 is 11.8 Å². The molecule has 2 aromatic heterocycles. The number of aryl methyl sites for hydroxylation is 4. The number of hydrogen-bond acceptors (Lipinski definition) is 6. The van der Waals surface area contributed by atoms with Crippen LogP contribution in [-0.4, -0.2) is 76.8 Å². The molecule has 13 heteroatoms. The second-order valence-corrected chi connectivity index (χ2v) is 13.7. The highest BCUT2D eigenvalue weighted by molar-refractivity contribution is 7.99. The summed E-state index contributed by atoms with van der Waals surface area (Å²) in [7, 11) is 0. The summed E-state index contributed by atoms with van der Waals surface area (Å²) < 4.78 is 56.4. The van der Waals surface area contributed by atoms with E-state index in [1.165, 1.54) is 20.7 Å². The van der Waals surface area contributed by atoms with E-state index in [9.17, 15) is 14.6 Å². The van der Waals surface area contributed by atoms with Crippen molar-refractivity contribution < 1.29 is 32.5 Å². The van der Waals surface area contributed by atoms with Crippen LogP contribution in [0.25, 0.3) is 5.57 Å². The van der Waals surface area contributed by atoms with Crippen LogP contribution in [-0.2, 0) is 17.7 Å². The zero-order valence-electron chi connectivity index (χ0n) is 26.1. The Bertz CT molecular complexity index is 1700. The zero-order chi connectivity index (χ0) is 32.2. The van der Waals surface area contributed by atoms with Crippen LogP contribution in [0, 0.1) is 20.8 Å². The fourth-order valence-electron chi connectivity index (χ4n) is 6.89. The molecule has 3 aliphatic heterocycles. The van der Waals surface area contributed by atoms with E-state index in [0.717, 1.165) is 45.7 Å². The third kappa shape index (κ3) is 5.84. The van der Waals surface area contributed by atoms with Gasteiger partial charge in [0.15, 0.2) is 11.9 Å². The van der Waals surface area contributed by atoms with Gasteiger partial charge in [-0.3, -0.25) is 0 Å². The fraction of sp³-hybridized carbons (Fsp3) is 0.469. The summed E-state index contributed by atoms with van der Waals surface area (Å²) in [6.45, 7) is 5.35. The maximum absolute atomic E-state index is 15.8. The SMILES string of the molecule is CC1=CC(C)=[N+]2C1=C(CCCCc1cn(C[C@H]3O[C@@H](Sc4ccc(C)cc4)[C@H](F)[C@@H](O)[C@@H]3O)nn1)c1c(C)cc(C)n1[B-]2(F)F. The maximum atomic E-state index is 15.8. The fourth-order valence-corrected chi connectivity index (χ4v) is 7.94. The molecule has 0 aliphatic carbocycles. The van der Waals surface area contributed by atoms with E-state index in [-0.39, 0.29) is 6.54 Å². The van der Waals surface area contributed by atoms with Crippen molar-refractivity contribution in [1.82, 2.24) is 19.5 Å². The Morgan fingerprint density at radius 3 is 2.47 bits per heavy atom. The second-order valence-electron chi connectivity index (χ2n) is 12.5. The van der Waals surface area contributed by atoms with Crippen LogP contribution in [0.5, 0.6) is 0 Å². The Morgan fingerprint density at radius 2 is 1.73 bits per heavy atom. The molecule has 1 aromatic carbocycles. The standard InChI is InChI=1S/C32H39BF3N5O3S/c1-18-10-12-24(13-11-18)45-32-27(34)31(43)30(42)26(44-32)17-39-16-23(37-38-39)8-6-7-9-25-28-19(2)14-21(4)40(28)33(35,36)41-22(5)15-20(3)29(25)41/h10-16,26-27,30-32,42-43H,6-9,17H2,1-5H3/t26-,27-,30-,31-,32+/m1/s1. The number of ether oxygens (including phenoxy) is 1. The lowest BCUT2D eigenvalue weighted by Gasteiger charge is -2.39. The predicted molar refractivity (Wildman–Crippen MR) is 169 cm³/mol. The lowest BCUT2D eigenvalue weighted by molar-refractivity contribution is -0.363. The third-order valence-electron chi connectivity index (χ3n) is 8.99. The molecule has 3 aliphatic rings. The first-order chi connectivity index (χ1) is 21.4. The molecule has 45 heavy (non-hydrogen) atoms. The molecule has 3 aromatic rings. The van der Waals surface area contributed by atoms with E-state index in [1.807, 2.05) is 57.2 Å². The summed E-state index contributed by atoms with van der Waals surface area (Å²) in [5.41, 5.74) is 5.84. The largest absolute Gasteiger partial charge is 0.737 e. The highest BCUT2D eigenvalue weighted by atomic mass is 32.2. The number of fused-ring (bicyclic) bond motifs is 2. The van der Waals surface area contributed by atoms with E-state index in [2.05, 4.69) is 10.3 Å². The molecule has 0 bridgehead atoms. The minimum absolute atomic E-state index is 0.0992. The topological polar surface area (TPSA) is 88.3 Å². The minimum Gasteiger partial charge on any atom is -0.394 e. The van der Waals surface area contributed by atoms with Gasteiger partial charge in [0, 0.05) is 40.9 Å². The molecule has 1 fully saturated rings. The highest BCUT2D eigenvalue weighted by Crippen LogP contribution is 2.43. The molecule has 0 amide bonds. The highest BCUT2D eigenvalue weighted by Gasteiger charge is 2.54. The maximum Gasteiger partial charge on any atom is 0.737 e. The van der Waals surface area contributed by atoms with E-state index in [0.29, 0.717) is 35.6 Å². The number of nitrogens with zero attached hydrogens (tertiary/aromatic N) is 5. The number of alkyl halides is 1. The number of benzene rings is 1. The van der Waals surface area contributed by atoms with Crippen molar-refractivity contribution in [2.75, 3.05) is 0 Å². The first kappa shape index (κ1) is 31.8. The number of aromatic nitrogens is 4. The van der Waals surface area contributed by atoms with Crippen LogP contribution in [0.1, 0.15) is 61.3 Å². The van der Waals surface area contributed by atoms with Crippen molar-refractivity contribution in [3.63, 3.8) is 0 Å². The normalized spacial score (nSPS) is 25.9. The first-order valence-electron chi connectivity index (χ1n) is 15.4. The van der Waals surface area contributed by atoms with Gasteiger partial charge in [0.1, 0.15) is 29.5 Å². The van der Waals surface area contributed by atoms with Gasteiger partial charge in [-0.15, -0.1) is 5.10 Å². The first-order valence-corrected chi connectivity index (χ1v) is 16.3. The van der Waals surface area contributed by atoms with Crippen molar-refractivity contribution in [3.05, 3.63) is 82.1 Å². The molecule has 6 rings (SSSR count). The van der Waals surface area contributed by atoms with Crippen molar-refractivity contribution >= 4 is 30.0 Å². The third-order valence-corrected chi connectivity index (χ3v) is 10.1. The Morgan fingerprint density at radius 1 is 1.02 bits per heavy atom. The number of unbranched alkanes of at least 4 members (excludes halogenated alkanes) is 1. The predicted octanol–water partition coefficient (Wildman–Crippen LogP) is 5.38. The Kier molecular flexibility index (Phi) is 8.66. The van der Waals surface area contributed by atoms with Crippen LogP contribution in [0.3, 0.4) is 0 Å². The second kappa shape index (κ2) is 12.2. The molecule has 1 saturated heterocycles. The summed E-state index contributed by atoms with van der Waals surface area (Å²) in [4.78, 5) is 0.802. The van der Waals surface area contributed by atoms with Gasteiger partial charge < -0.3 is 32.5 Å². The van der Waals surface area contributed by atoms with E-state index in [4.69, 9.17) is 4.74 Å². The van der Waals surface area contributed by atoms with Gasteiger partial charge in [-0.25, -0.2) is 9.07 Å². The number of allylic oxidation sites excluding steroid dienone is 3. The quantitative estimate of drug-likeness (QED) is 0.241. The molecule has 5 heterocycles. The number of halogens is 3. The summed E-state index contributed by atoms with van der Waals surface area (Å²) in [5.74, 6) is 0. The van der Waals surface area contributed by atoms with Crippen LogP contribution in [0.4, 0.5) is 13.0 Å². The number of aliphatic hydroxyl groups excluding tert-OH is 2. The van der Waals surface area contributed by atoms with Gasteiger partial charge in [0.25, 0.3) is 0 Å². The Balaban J connectivity index is 1.10. The number of hydrogen-bond donors (Lipinski definition) is 2. The minimum atomic E-state index is -3.98. The number of rotatable bonds is 9. The lowest BCUT2D eigenvalue weighted by Crippen LogP contribution is -2.56. The molecule has 0 unspecified atom stereocenters. The molecular weight excluding hydrogens is 602 g/mol. The summed E-state index contributed by atoms with van der Waals surface area (Å²) >= 11 is 1.17. The lowest BCUT2D eigenvalue weighted by atomic mass is 9.84. The Hall–Kier alpha value is -3.13. The Labute approximate surface area is 265 Å². The monoisotopic (exact) mass is 641 g/mol.